The number of carbonyl (C=O) groups excluding carboxylic acids is 2. The van der Waals surface area contributed by atoms with Gasteiger partial charge in [0.15, 0.2) is 0 Å². The Morgan fingerprint density at radius 2 is 1.55 bits per heavy atom. The Morgan fingerprint density at radius 1 is 1.00 bits per heavy atom. The highest BCUT2D eigenvalue weighted by atomic mass is 16.2. The van der Waals surface area contributed by atoms with Crippen molar-refractivity contribution in [1.29, 1.82) is 0 Å². The van der Waals surface area contributed by atoms with E-state index in [1.54, 1.807) is 0 Å². The van der Waals surface area contributed by atoms with Gasteiger partial charge in [0.2, 0.25) is 11.8 Å². The summed E-state index contributed by atoms with van der Waals surface area (Å²) in [6.07, 6.45) is 3.25. The molecule has 1 saturated carbocycles. The van der Waals surface area contributed by atoms with Crippen LogP contribution < -0.4 is 5.32 Å². The summed E-state index contributed by atoms with van der Waals surface area (Å²) in [6.45, 7) is 5.56. The molecular formula is C18H26N2O2. The van der Waals surface area contributed by atoms with Crippen molar-refractivity contribution in [3.05, 3.63) is 30.3 Å². The Kier molecular flexibility index (Phi) is 5.99. The van der Waals surface area contributed by atoms with Gasteiger partial charge in [-0.2, -0.15) is 0 Å². The minimum atomic E-state index is 0.0287. The fraction of sp³-hybridized carbons (Fsp3) is 0.556. The van der Waals surface area contributed by atoms with Gasteiger partial charge in [0, 0.05) is 30.6 Å². The molecule has 2 rings (SSSR count). The summed E-state index contributed by atoms with van der Waals surface area (Å²) in [5.74, 6) is 0.466. The quantitative estimate of drug-likeness (QED) is 0.907. The zero-order chi connectivity index (χ0) is 15.9. The number of rotatable bonds is 5. The van der Waals surface area contributed by atoms with Gasteiger partial charge in [0.1, 0.15) is 0 Å². The van der Waals surface area contributed by atoms with Gasteiger partial charge < -0.3 is 10.2 Å². The Balaban J connectivity index is 1.84. The molecule has 1 aliphatic carbocycles. The normalized spacial score (nSPS) is 21.2. The van der Waals surface area contributed by atoms with Gasteiger partial charge in [0.05, 0.1) is 0 Å². The largest absolute Gasteiger partial charge is 0.343 e. The van der Waals surface area contributed by atoms with Crippen molar-refractivity contribution in [1.82, 2.24) is 4.90 Å². The van der Waals surface area contributed by atoms with Gasteiger partial charge in [-0.25, -0.2) is 0 Å². The molecule has 1 aromatic carbocycles. The number of carbonyl (C=O) groups is 2. The lowest BCUT2D eigenvalue weighted by Gasteiger charge is -2.30. The van der Waals surface area contributed by atoms with Gasteiger partial charge >= 0.3 is 0 Å². The third kappa shape index (κ3) is 4.09. The van der Waals surface area contributed by atoms with Gasteiger partial charge in [-0.1, -0.05) is 18.2 Å². The Hall–Kier alpha value is -1.84. The molecule has 0 aliphatic heterocycles. The zero-order valence-electron chi connectivity index (χ0n) is 13.5. The fourth-order valence-electron chi connectivity index (χ4n) is 3.16. The van der Waals surface area contributed by atoms with Crippen LogP contribution >= 0.6 is 0 Å². The zero-order valence-corrected chi connectivity index (χ0v) is 13.5. The molecule has 1 N–H and O–H groups in total. The number of hydrogen-bond donors (Lipinski definition) is 1. The van der Waals surface area contributed by atoms with Gasteiger partial charge in [0.25, 0.3) is 0 Å². The van der Waals surface area contributed by atoms with Crippen molar-refractivity contribution >= 4 is 17.5 Å². The molecule has 0 aromatic heterocycles. The van der Waals surface area contributed by atoms with Crippen molar-refractivity contribution in [3.63, 3.8) is 0 Å². The van der Waals surface area contributed by atoms with Crippen LogP contribution in [0.2, 0.25) is 0 Å². The average molecular weight is 302 g/mol. The predicted octanol–water partition coefficient (Wildman–Crippen LogP) is 3.30. The van der Waals surface area contributed by atoms with Crippen LogP contribution in [0.1, 0.15) is 39.5 Å². The average Bonchev–Trinajstić information content (AvgIpc) is 2.57. The number of para-hydroxylation sites is 1. The van der Waals surface area contributed by atoms with Gasteiger partial charge in [-0.15, -0.1) is 0 Å². The molecular weight excluding hydrogens is 276 g/mol. The summed E-state index contributed by atoms with van der Waals surface area (Å²) in [4.78, 5) is 26.5. The minimum Gasteiger partial charge on any atom is -0.343 e. The van der Waals surface area contributed by atoms with Crippen molar-refractivity contribution in [2.24, 2.45) is 11.8 Å². The van der Waals surface area contributed by atoms with Crippen LogP contribution in [0.4, 0.5) is 5.69 Å². The summed E-state index contributed by atoms with van der Waals surface area (Å²) >= 11 is 0. The first-order chi connectivity index (χ1) is 10.7. The molecule has 1 aromatic rings. The number of benzene rings is 1. The van der Waals surface area contributed by atoms with E-state index in [1.807, 2.05) is 49.1 Å². The van der Waals surface area contributed by atoms with Crippen LogP contribution in [-0.4, -0.2) is 29.8 Å². The van der Waals surface area contributed by atoms with Crippen molar-refractivity contribution < 1.29 is 9.59 Å². The predicted molar refractivity (Wildman–Crippen MR) is 88.4 cm³/mol. The van der Waals surface area contributed by atoms with E-state index in [-0.39, 0.29) is 23.7 Å². The summed E-state index contributed by atoms with van der Waals surface area (Å²) in [5, 5.41) is 2.97. The van der Waals surface area contributed by atoms with E-state index in [1.165, 1.54) is 0 Å². The van der Waals surface area contributed by atoms with Gasteiger partial charge in [-0.05, 0) is 51.7 Å². The van der Waals surface area contributed by atoms with Crippen LogP contribution in [0, 0.1) is 11.8 Å². The van der Waals surface area contributed by atoms with Crippen LogP contribution in [0.25, 0.3) is 0 Å². The van der Waals surface area contributed by atoms with Crippen LogP contribution in [0.5, 0.6) is 0 Å². The maximum Gasteiger partial charge on any atom is 0.227 e. The molecule has 0 atom stereocenters. The summed E-state index contributed by atoms with van der Waals surface area (Å²) in [7, 11) is 0. The number of nitrogens with zero attached hydrogens (tertiary/aromatic N) is 1. The molecule has 120 valence electrons. The highest BCUT2D eigenvalue weighted by Gasteiger charge is 2.31. The molecule has 0 radical (unpaired) electrons. The maximum atomic E-state index is 12.4. The summed E-state index contributed by atoms with van der Waals surface area (Å²) in [5.41, 5.74) is 0.842. The second-order valence-corrected chi connectivity index (χ2v) is 5.91. The number of anilines is 1. The van der Waals surface area contributed by atoms with E-state index in [0.717, 1.165) is 44.5 Å². The van der Waals surface area contributed by atoms with Crippen LogP contribution in [0.3, 0.4) is 0 Å². The van der Waals surface area contributed by atoms with Crippen LogP contribution in [0.15, 0.2) is 30.3 Å². The first-order valence-electron chi connectivity index (χ1n) is 8.30. The monoisotopic (exact) mass is 302 g/mol. The second-order valence-electron chi connectivity index (χ2n) is 5.91. The molecule has 4 heteroatoms. The Bertz CT molecular complexity index is 489. The lowest BCUT2D eigenvalue weighted by atomic mass is 9.81. The molecule has 0 spiro atoms. The van der Waals surface area contributed by atoms with Crippen molar-refractivity contribution in [2.45, 2.75) is 39.5 Å². The molecule has 1 aliphatic rings. The lowest BCUT2D eigenvalue weighted by Crippen LogP contribution is -2.38. The minimum absolute atomic E-state index is 0.0287. The van der Waals surface area contributed by atoms with E-state index < -0.39 is 0 Å². The van der Waals surface area contributed by atoms with E-state index in [9.17, 15) is 9.59 Å². The molecule has 1 fully saturated rings. The maximum absolute atomic E-state index is 12.4. The highest BCUT2D eigenvalue weighted by molar-refractivity contribution is 5.92. The first kappa shape index (κ1) is 16.5. The molecule has 4 nitrogen and oxygen atoms in total. The molecule has 22 heavy (non-hydrogen) atoms. The standard InChI is InChI=1S/C18H26N2O2/c1-3-20(4-2)18(22)15-12-10-14(11-13-15)17(21)19-16-8-6-5-7-9-16/h5-9,14-15H,3-4,10-13H2,1-2H3,(H,19,21). The number of hydrogen-bond acceptors (Lipinski definition) is 2. The van der Waals surface area contributed by atoms with Crippen molar-refractivity contribution in [2.75, 3.05) is 18.4 Å². The molecule has 0 heterocycles. The number of nitrogens with one attached hydrogen (secondary N) is 1. The van der Waals surface area contributed by atoms with Gasteiger partial charge in [-0.3, -0.25) is 9.59 Å². The van der Waals surface area contributed by atoms with E-state index in [0.29, 0.717) is 0 Å². The second kappa shape index (κ2) is 7.97. The van der Waals surface area contributed by atoms with E-state index in [2.05, 4.69) is 5.32 Å². The Labute approximate surface area is 132 Å². The molecule has 2 amide bonds. The number of amides is 2. The SMILES string of the molecule is CCN(CC)C(=O)C1CCC(C(=O)Nc2ccccc2)CC1. The summed E-state index contributed by atoms with van der Waals surface area (Å²) < 4.78 is 0. The topological polar surface area (TPSA) is 49.4 Å². The Morgan fingerprint density at radius 3 is 2.09 bits per heavy atom. The third-order valence-electron chi connectivity index (χ3n) is 4.56. The van der Waals surface area contributed by atoms with E-state index in [4.69, 9.17) is 0 Å². The molecule has 0 bridgehead atoms. The molecule has 0 saturated heterocycles. The van der Waals surface area contributed by atoms with Crippen LogP contribution in [-0.2, 0) is 9.59 Å². The van der Waals surface area contributed by atoms with E-state index >= 15 is 0 Å². The third-order valence-corrected chi connectivity index (χ3v) is 4.56. The van der Waals surface area contributed by atoms with Crippen molar-refractivity contribution in [3.8, 4) is 0 Å². The highest BCUT2D eigenvalue weighted by Crippen LogP contribution is 2.30. The lowest BCUT2D eigenvalue weighted by molar-refractivity contribution is -0.137. The smallest absolute Gasteiger partial charge is 0.227 e. The molecule has 0 unspecified atom stereocenters. The first-order valence-corrected chi connectivity index (χ1v) is 8.30. The summed E-state index contributed by atoms with van der Waals surface area (Å²) in [6, 6.07) is 9.55. The fourth-order valence-corrected chi connectivity index (χ4v) is 3.16.